The highest BCUT2D eigenvalue weighted by atomic mass is 35.5. The van der Waals surface area contributed by atoms with Crippen molar-refractivity contribution in [2.75, 3.05) is 12.0 Å². The van der Waals surface area contributed by atoms with Crippen molar-refractivity contribution < 1.29 is 14.3 Å². The number of hydrogen-bond donors (Lipinski definition) is 1. The average Bonchev–Trinajstić information content (AvgIpc) is 2.37. The molecule has 6 heteroatoms. The molecule has 1 N–H and O–H groups in total. The molecule has 0 fully saturated rings. The van der Waals surface area contributed by atoms with Crippen molar-refractivity contribution in [1.29, 1.82) is 0 Å². The van der Waals surface area contributed by atoms with Gasteiger partial charge in [-0.25, -0.2) is 4.79 Å². The van der Waals surface area contributed by atoms with Crippen LogP contribution in [0, 0.1) is 0 Å². The number of hydrogen-bond acceptors (Lipinski definition) is 5. The fourth-order valence-electron chi connectivity index (χ4n) is 1.13. The molecule has 0 saturated carbocycles. The van der Waals surface area contributed by atoms with E-state index in [2.05, 4.69) is 10.5 Å². The van der Waals surface area contributed by atoms with E-state index in [-0.39, 0.29) is 12.3 Å². The molecule has 0 aliphatic rings. The molecule has 1 aromatic carbocycles. The van der Waals surface area contributed by atoms with Gasteiger partial charge < -0.3 is 4.74 Å². The Morgan fingerprint density at radius 3 is 2.89 bits per heavy atom. The zero-order valence-electron chi connectivity index (χ0n) is 10.1. The molecule has 0 aliphatic heterocycles. The first-order valence-corrected chi connectivity index (χ1v) is 5.68. The van der Waals surface area contributed by atoms with E-state index < -0.39 is 5.97 Å². The Bertz CT molecular complexity index is 486. The lowest BCUT2D eigenvalue weighted by Crippen LogP contribution is -2.15. The van der Waals surface area contributed by atoms with Crippen molar-refractivity contribution in [1.82, 2.24) is 0 Å². The second-order valence-corrected chi connectivity index (χ2v) is 3.79. The molecule has 18 heavy (non-hydrogen) atoms. The minimum atomic E-state index is -0.507. The molecule has 96 valence electrons. The van der Waals surface area contributed by atoms with Crippen LogP contribution in [0.3, 0.4) is 0 Å². The third-order valence-corrected chi connectivity index (χ3v) is 2.37. The van der Waals surface area contributed by atoms with Gasteiger partial charge in [-0.05, 0) is 26.0 Å². The quantitative estimate of drug-likeness (QED) is 0.386. The number of rotatable bonds is 5. The van der Waals surface area contributed by atoms with Gasteiger partial charge in [-0.2, -0.15) is 5.10 Å². The summed E-state index contributed by atoms with van der Waals surface area (Å²) in [5.74, 6) is -0.507. The fourth-order valence-corrected chi connectivity index (χ4v) is 1.29. The van der Waals surface area contributed by atoms with Crippen LogP contribution in [0.1, 0.15) is 24.2 Å². The molecular weight excluding hydrogens is 256 g/mol. The number of esters is 1. The normalized spacial score (nSPS) is 10.9. The lowest BCUT2D eigenvalue weighted by Gasteiger charge is -2.05. The smallest absolute Gasteiger partial charge is 0.354 e. The minimum Gasteiger partial charge on any atom is -0.461 e. The predicted molar refractivity (Wildman–Crippen MR) is 70.2 cm³/mol. The molecular formula is C12H13ClN2O3. The molecule has 0 amide bonds. The zero-order valence-corrected chi connectivity index (χ0v) is 10.8. The van der Waals surface area contributed by atoms with E-state index in [4.69, 9.17) is 16.3 Å². The van der Waals surface area contributed by atoms with Gasteiger partial charge in [-0.15, -0.1) is 0 Å². The van der Waals surface area contributed by atoms with Crippen molar-refractivity contribution in [2.24, 2.45) is 5.10 Å². The van der Waals surface area contributed by atoms with Crippen LogP contribution in [0.25, 0.3) is 0 Å². The van der Waals surface area contributed by atoms with Crippen LogP contribution in [-0.2, 0) is 9.53 Å². The molecule has 1 rings (SSSR count). The summed E-state index contributed by atoms with van der Waals surface area (Å²) < 4.78 is 4.77. The van der Waals surface area contributed by atoms with E-state index in [0.29, 0.717) is 22.6 Å². The van der Waals surface area contributed by atoms with Gasteiger partial charge in [0.15, 0.2) is 0 Å². The molecule has 0 bridgehead atoms. The zero-order chi connectivity index (χ0) is 13.5. The number of nitrogens with zero attached hydrogens (tertiary/aromatic N) is 1. The number of hydrazone groups is 1. The minimum absolute atomic E-state index is 0.171. The van der Waals surface area contributed by atoms with Gasteiger partial charge in [-0.1, -0.05) is 17.7 Å². The Labute approximate surface area is 110 Å². The van der Waals surface area contributed by atoms with Gasteiger partial charge in [-0.3, -0.25) is 10.2 Å². The third kappa shape index (κ3) is 3.85. The average molecular weight is 269 g/mol. The molecule has 0 aliphatic carbocycles. The number of anilines is 1. The Morgan fingerprint density at radius 1 is 1.56 bits per heavy atom. The standard InChI is InChI=1S/C12H13ClN2O3/c1-3-18-12(17)8(2)14-15-11-6-9(7-16)4-5-10(11)13/h4-7,15H,3H2,1-2H3/b14-8+. The number of halogens is 1. The lowest BCUT2D eigenvalue weighted by molar-refractivity contribution is -0.135. The van der Waals surface area contributed by atoms with Crippen LogP contribution < -0.4 is 5.43 Å². The summed E-state index contributed by atoms with van der Waals surface area (Å²) in [4.78, 5) is 21.9. The van der Waals surface area contributed by atoms with E-state index in [1.54, 1.807) is 19.1 Å². The van der Waals surface area contributed by atoms with Crippen LogP contribution >= 0.6 is 11.6 Å². The first kappa shape index (κ1) is 14.2. The summed E-state index contributed by atoms with van der Waals surface area (Å²) in [5.41, 5.74) is 3.71. The number of aldehydes is 1. The number of benzene rings is 1. The topological polar surface area (TPSA) is 67.8 Å². The summed E-state index contributed by atoms with van der Waals surface area (Å²) in [6.07, 6.45) is 0.698. The summed E-state index contributed by atoms with van der Waals surface area (Å²) in [5, 5.41) is 4.24. The highest BCUT2D eigenvalue weighted by Crippen LogP contribution is 2.22. The largest absolute Gasteiger partial charge is 0.461 e. The molecule has 0 heterocycles. The van der Waals surface area contributed by atoms with Crippen LogP contribution in [-0.4, -0.2) is 24.6 Å². The van der Waals surface area contributed by atoms with Gasteiger partial charge in [0.2, 0.25) is 0 Å². The van der Waals surface area contributed by atoms with Crippen LogP contribution in [0.15, 0.2) is 23.3 Å². The predicted octanol–water partition coefficient (Wildman–Crippen LogP) is 2.50. The number of nitrogens with one attached hydrogen (secondary N) is 1. The van der Waals surface area contributed by atoms with E-state index in [0.717, 1.165) is 0 Å². The summed E-state index contributed by atoms with van der Waals surface area (Å²) in [7, 11) is 0. The van der Waals surface area contributed by atoms with Crippen LogP contribution in [0.4, 0.5) is 5.69 Å². The SMILES string of the molecule is CCOC(=O)/C(C)=N/Nc1cc(C=O)ccc1Cl. The molecule has 1 aromatic rings. The van der Waals surface area contributed by atoms with Crippen molar-refractivity contribution in [2.45, 2.75) is 13.8 Å². The maximum absolute atomic E-state index is 11.3. The molecule has 0 spiro atoms. The highest BCUT2D eigenvalue weighted by molar-refractivity contribution is 6.36. The second-order valence-electron chi connectivity index (χ2n) is 3.39. The Balaban J connectivity index is 2.81. The van der Waals surface area contributed by atoms with Gasteiger partial charge >= 0.3 is 5.97 Å². The number of carbonyl (C=O) groups is 2. The lowest BCUT2D eigenvalue weighted by atomic mass is 10.2. The van der Waals surface area contributed by atoms with Crippen molar-refractivity contribution in [3.05, 3.63) is 28.8 Å². The van der Waals surface area contributed by atoms with Gasteiger partial charge in [0.05, 0.1) is 17.3 Å². The Kier molecular flexibility index (Phi) is 5.32. The van der Waals surface area contributed by atoms with Crippen LogP contribution in [0.5, 0.6) is 0 Å². The molecule has 0 atom stereocenters. The Hall–Kier alpha value is -1.88. The fraction of sp³-hybridized carbons (Fsp3) is 0.250. The summed E-state index contributed by atoms with van der Waals surface area (Å²) >= 11 is 5.91. The highest BCUT2D eigenvalue weighted by Gasteiger charge is 2.07. The summed E-state index contributed by atoms with van der Waals surface area (Å²) in [6, 6.07) is 4.70. The van der Waals surface area contributed by atoms with E-state index in [1.807, 2.05) is 0 Å². The van der Waals surface area contributed by atoms with Gasteiger partial charge in [0, 0.05) is 5.56 Å². The first-order chi connectivity index (χ1) is 8.58. The van der Waals surface area contributed by atoms with Gasteiger partial charge in [0.25, 0.3) is 0 Å². The van der Waals surface area contributed by atoms with E-state index in [9.17, 15) is 9.59 Å². The number of ether oxygens (including phenoxy) is 1. The second kappa shape index (κ2) is 6.76. The molecule has 5 nitrogen and oxygen atoms in total. The third-order valence-electron chi connectivity index (χ3n) is 2.04. The summed E-state index contributed by atoms with van der Waals surface area (Å²) in [6.45, 7) is 3.51. The van der Waals surface area contributed by atoms with Gasteiger partial charge in [0.1, 0.15) is 12.0 Å². The first-order valence-electron chi connectivity index (χ1n) is 5.30. The maximum atomic E-state index is 11.3. The Morgan fingerprint density at radius 2 is 2.28 bits per heavy atom. The van der Waals surface area contributed by atoms with Crippen molar-refractivity contribution >= 4 is 35.3 Å². The number of carbonyl (C=O) groups excluding carboxylic acids is 2. The van der Waals surface area contributed by atoms with Crippen molar-refractivity contribution in [3.8, 4) is 0 Å². The molecule has 0 radical (unpaired) electrons. The monoisotopic (exact) mass is 268 g/mol. The molecule has 0 aromatic heterocycles. The van der Waals surface area contributed by atoms with Crippen LogP contribution in [0.2, 0.25) is 5.02 Å². The maximum Gasteiger partial charge on any atom is 0.354 e. The van der Waals surface area contributed by atoms with E-state index in [1.165, 1.54) is 13.0 Å². The van der Waals surface area contributed by atoms with Crippen molar-refractivity contribution in [3.63, 3.8) is 0 Å². The van der Waals surface area contributed by atoms with E-state index >= 15 is 0 Å². The molecule has 0 unspecified atom stereocenters. The molecule has 0 saturated heterocycles.